The number of nitrogens with two attached hydrogens (primary N) is 1. The van der Waals surface area contributed by atoms with Gasteiger partial charge in [0.1, 0.15) is 0 Å². The molecular formula is C9H22N2O. The first-order valence-electron chi connectivity index (χ1n) is 4.66. The Morgan fingerprint density at radius 3 is 2.42 bits per heavy atom. The summed E-state index contributed by atoms with van der Waals surface area (Å²) in [4.78, 5) is 2.13. The quantitative estimate of drug-likeness (QED) is 0.614. The maximum absolute atomic E-state index is 9.35. The molecule has 0 amide bonds. The Hall–Kier alpha value is -0.120. The van der Waals surface area contributed by atoms with E-state index in [4.69, 9.17) is 5.73 Å². The third-order valence-corrected chi connectivity index (χ3v) is 2.06. The van der Waals surface area contributed by atoms with Gasteiger partial charge in [-0.3, -0.25) is 0 Å². The van der Waals surface area contributed by atoms with Crippen molar-refractivity contribution < 1.29 is 5.11 Å². The number of hydrogen-bond acceptors (Lipinski definition) is 3. The molecule has 0 radical (unpaired) electrons. The van der Waals surface area contributed by atoms with E-state index < -0.39 is 0 Å². The molecule has 0 aromatic heterocycles. The lowest BCUT2D eigenvalue weighted by molar-refractivity contribution is 0.134. The van der Waals surface area contributed by atoms with Crippen molar-refractivity contribution in [1.29, 1.82) is 0 Å². The van der Waals surface area contributed by atoms with Gasteiger partial charge in [-0.25, -0.2) is 0 Å². The molecule has 0 saturated carbocycles. The van der Waals surface area contributed by atoms with Gasteiger partial charge in [-0.2, -0.15) is 0 Å². The molecule has 0 aliphatic rings. The van der Waals surface area contributed by atoms with Crippen LogP contribution >= 0.6 is 0 Å². The average Bonchev–Trinajstić information content (AvgIpc) is 2.02. The molecule has 0 aromatic rings. The summed E-state index contributed by atoms with van der Waals surface area (Å²) >= 11 is 0. The van der Waals surface area contributed by atoms with Gasteiger partial charge in [0.05, 0.1) is 6.10 Å². The first kappa shape index (κ1) is 11.9. The maximum Gasteiger partial charge on any atom is 0.0688 e. The second-order valence-corrected chi connectivity index (χ2v) is 3.58. The van der Waals surface area contributed by atoms with Crippen LogP contribution in [0.3, 0.4) is 0 Å². The smallest absolute Gasteiger partial charge is 0.0688 e. The zero-order valence-electron chi connectivity index (χ0n) is 8.45. The summed E-state index contributed by atoms with van der Waals surface area (Å²) in [5, 5.41) is 9.35. The molecule has 74 valence electrons. The van der Waals surface area contributed by atoms with E-state index in [9.17, 15) is 5.11 Å². The van der Waals surface area contributed by atoms with Crippen molar-refractivity contribution in [2.45, 2.75) is 38.3 Å². The predicted molar refractivity (Wildman–Crippen MR) is 52.1 cm³/mol. The van der Waals surface area contributed by atoms with E-state index >= 15 is 0 Å². The van der Waals surface area contributed by atoms with Crippen LogP contribution in [0.25, 0.3) is 0 Å². The van der Waals surface area contributed by atoms with Crippen LogP contribution < -0.4 is 5.73 Å². The van der Waals surface area contributed by atoms with Crippen molar-refractivity contribution in [2.24, 2.45) is 5.73 Å². The van der Waals surface area contributed by atoms with E-state index in [2.05, 4.69) is 4.90 Å². The summed E-state index contributed by atoms with van der Waals surface area (Å²) in [6.07, 6.45) is 2.40. The van der Waals surface area contributed by atoms with E-state index in [0.29, 0.717) is 0 Å². The van der Waals surface area contributed by atoms with Gasteiger partial charge in [-0.05, 0) is 39.9 Å². The Morgan fingerprint density at radius 2 is 2.00 bits per heavy atom. The summed E-state index contributed by atoms with van der Waals surface area (Å²) in [6, 6.07) is -0.0463. The summed E-state index contributed by atoms with van der Waals surface area (Å²) in [5.41, 5.74) is 5.75. The zero-order chi connectivity index (χ0) is 9.56. The molecule has 3 heteroatoms. The lowest BCUT2D eigenvalue weighted by atomic mass is 10.0. The second-order valence-electron chi connectivity index (χ2n) is 3.58. The maximum atomic E-state index is 9.35. The minimum Gasteiger partial charge on any atom is -0.392 e. The van der Waals surface area contributed by atoms with E-state index in [-0.39, 0.29) is 12.1 Å². The van der Waals surface area contributed by atoms with Gasteiger partial charge in [0, 0.05) is 6.04 Å². The fourth-order valence-corrected chi connectivity index (χ4v) is 1.14. The fourth-order valence-electron chi connectivity index (χ4n) is 1.14. The van der Waals surface area contributed by atoms with E-state index in [1.54, 1.807) is 0 Å². The topological polar surface area (TPSA) is 49.5 Å². The van der Waals surface area contributed by atoms with Crippen LogP contribution in [-0.4, -0.2) is 42.8 Å². The predicted octanol–water partition coefficient (Wildman–Crippen LogP) is 0.426. The van der Waals surface area contributed by atoms with E-state index in [0.717, 1.165) is 25.8 Å². The van der Waals surface area contributed by atoms with Crippen molar-refractivity contribution >= 4 is 0 Å². The summed E-state index contributed by atoms with van der Waals surface area (Å²) in [6.45, 7) is 3.00. The van der Waals surface area contributed by atoms with Gasteiger partial charge >= 0.3 is 0 Å². The van der Waals surface area contributed by atoms with Gasteiger partial charge in [0.2, 0.25) is 0 Å². The Kier molecular flexibility index (Phi) is 6.34. The zero-order valence-corrected chi connectivity index (χ0v) is 8.45. The van der Waals surface area contributed by atoms with Crippen LogP contribution in [0.2, 0.25) is 0 Å². The van der Waals surface area contributed by atoms with Crippen molar-refractivity contribution in [3.05, 3.63) is 0 Å². The van der Waals surface area contributed by atoms with Crippen molar-refractivity contribution in [1.82, 2.24) is 4.90 Å². The van der Waals surface area contributed by atoms with Gasteiger partial charge in [0.25, 0.3) is 0 Å². The molecule has 0 spiro atoms. The first-order chi connectivity index (χ1) is 5.57. The molecule has 3 N–H and O–H groups in total. The Morgan fingerprint density at radius 1 is 1.42 bits per heavy atom. The number of aliphatic hydroxyl groups excluding tert-OH is 1. The van der Waals surface area contributed by atoms with Crippen LogP contribution in [0.5, 0.6) is 0 Å². The molecule has 0 bridgehead atoms. The van der Waals surface area contributed by atoms with Crippen LogP contribution in [0, 0.1) is 0 Å². The molecule has 0 aliphatic carbocycles. The Bertz CT molecular complexity index is 107. The highest BCUT2D eigenvalue weighted by molar-refractivity contribution is 4.70. The molecule has 0 saturated heterocycles. The molecule has 0 rings (SSSR count). The highest BCUT2D eigenvalue weighted by Gasteiger charge is 2.11. The average molecular weight is 174 g/mol. The number of rotatable bonds is 6. The Labute approximate surface area is 75.6 Å². The van der Waals surface area contributed by atoms with Crippen LogP contribution in [0.15, 0.2) is 0 Å². The monoisotopic (exact) mass is 174 g/mol. The third kappa shape index (κ3) is 5.52. The SMILES string of the molecule is CCC(O)C(N)CCCN(C)C. The lowest BCUT2D eigenvalue weighted by Crippen LogP contribution is -2.34. The van der Waals surface area contributed by atoms with Crippen LogP contribution in [0.1, 0.15) is 26.2 Å². The molecule has 2 atom stereocenters. The summed E-state index contributed by atoms with van der Waals surface area (Å²) in [5.74, 6) is 0. The highest BCUT2D eigenvalue weighted by atomic mass is 16.3. The molecule has 12 heavy (non-hydrogen) atoms. The lowest BCUT2D eigenvalue weighted by Gasteiger charge is -2.18. The fraction of sp³-hybridized carbons (Fsp3) is 1.00. The normalized spacial score (nSPS) is 16.5. The molecule has 0 heterocycles. The van der Waals surface area contributed by atoms with Gasteiger partial charge in [-0.1, -0.05) is 6.92 Å². The van der Waals surface area contributed by atoms with Gasteiger partial charge in [0.15, 0.2) is 0 Å². The van der Waals surface area contributed by atoms with Gasteiger partial charge in [-0.15, -0.1) is 0 Å². The van der Waals surface area contributed by atoms with Crippen molar-refractivity contribution in [2.75, 3.05) is 20.6 Å². The van der Waals surface area contributed by atoms with Crippen LogP contribution in [-0.2, 0) is 0 Å². The second kappa shape index (κ2) is 6.40. The molecule has 0 aliphatic heterocycles. The third-order valence-electron chi connectivity index (χ3n) is 2.06. The summed E-state index contributed by atoms with van der Waals surface area (Å²) in [7, 11) is 4.09. The van der Waals surface area contributed by atoms with E-state index in [1.165, 1.54) is 0 Å². The first-order valence-corrected chi connectivity index (χ1v) is 4.66. The molecule has 2 unspecified atom stereocenters. The minimum atomic E-state index is -0.327. The Balaban J connectivity index is 3.37. The summed E-state index contributed by atoms with van der Waals surface area (Å²) < 4.78 is 0. The number of nitrogens with zero attached hydrogens (tertiary/aromatic N) is 1. The molecule has 0 aromatic carbocycles. The molecular weight excluding hydrogens is 152 g/mol. The van der Waals surface area contributed by atoms with Crippen molar-refractivity contribution in [3.63, 3.8) is 0 Å². The standard InChI is InChI=1S/C9H22N2O/c1-4-9(12)8(10)6-5-7-11(2)3/h8-9,12H,4-7,10H2,1-3H3. The highest BCUT2D eigenvalue weighted by Crippen LogP contribution is 2.03. The van der Waals surface area contributed by atoms with Crippen molar-refractivity contribution in [3.8, 4) is 0 Å². The number of hydrogen-bond donors (Lipinski definition) is 2. The largest absolute Gasteiger partial charge is 0.392 e. The van der Waals surface area contributed by atoms with Gasteiger partial charge < -0.3 is 15.7 Å². The number of aliphatic hydroxyl groups is 1. The molecule has 3 nitrogen and oxygen atoms in total. The van der Waals surface area contributed by atoms with Crippen LogP contribution in [0.4, 0.5) is 0 Å². The molecule has 0 fully saturated rings. The minimum absolute atomic E-state index is 0.0463. The van der Waals surface area contributed by atoms with E-state index in [1.807, 2.05) is 21.0 Å².